The summed E-state index contributed by atoms with van der Waals surface area (Å²) in [6.07, 6.45) is 2.49. The smallest absolute Gasteiger partial charge is 0.251 e. The number of rotatable bonds is 4. The minimum absolute atomic E-state index is 0. The summed E-state index contributed by atoms with van der Waals surface area (Å²) >= 11 is 1.95. The van der Waals surface area contributed by atoms with Crippen LogP contribution in [0.4, 0.5) is 0 Å². The summed E-state index contributed by atoms with van der Waals surface area (Å²) in [6.45, 7) is 1.29. The van der Waals surface area contributed by atoms with Crippen LogP contribution in [0.15, 0.2) is 24.3 Å². The van der Waals surface area contributed by atoms with Gasteiger partial charge >= 0.3 is 0 Å². The highest BCUT2D eigenvalue weighted by atomic mass is 35.5. The van der Waals surface area contributed by atoms with Crippen molar-refractivity contribution < 1.29 is 4.79 Å². The average Bonchev–Trinajstić information content (AvgIpc) is 2.89. The van der Waals surface area contributed by atoms with Crippen LogP contribution in [0.1, 0.15) is 28.8 Å². The zero-order valence-corrected chi connectivity index (χ0v) is 11.9. The molecule has 1 aliphatic heterocycles. The normalized spacial score (nSPS) is 18.2. The van der Waals surface area contributed by atoms with Gasteiger partial charge in [0.15, 0.2) is 0 Å². The molecule has 1 amide bonds. The Morgan fingerprint density at radius 2 is 2.11 bits per heavy atom. The van der Waals surface area contributed by atoms with Gasteiger partial charge in [0.05, 0.1) is 0 Å². The van der Waals surface area contributed by atoms with Gasteiger partial charge in [0.2, 0.25) is 0 Å². The highest BCUT2D eigenvalue weighted by Crippen LogP contribution is 2.25. The highest BCUT2D eigenvalue weighted by molar-refractivity contribution is 8.00. The molecule has 2 rings (SSSR count). The van der Waals surface area contributed by atoms with Gasteiger partial charge in [0.1, 0.15) is 0 Å². The summed E-state index contributed by atoms with van der Waals surface area (Å²) in [5, 5.41) is 3.59. The van der Waals surface area contributed by atoms with Crippen molar-refractivity contribution in [1.29, 1.82) is 0 Å². The van der Waals surface area contributed by atoms with E-state index in [4.69, 9.17) is 5.73 Å². The van der Waals surface area contributed by atoms with Crippen molar-refractivity contribution in [2.24, 2.45) is 5.73 Å². The Morgan fingerprint density at radius 1 is 1.39 bits per heavy atom. The number of thioether (sulfide) groups is 1. The van der Waals surface area contributed by atoms with E-state index in [-0.39, 0.29) is 18.3 Å². The van der Waals surface area contributed by atoms with Crippen LogP contribution in [0, 0.1) is 0 Å². The fourth-order valence-electron chi connectivity index (χ4n) is 1.91. The first-order valence-corrected chi connectivity index (χ1v) is 7.03. The third-order valence-electron chi connectivity index (χ3n) is 2.97. The van der Waals surface area contributed by atoms with Crippen LogP contribution in [0.25, 0.3) is 0 Å². The molecule has 1 fully saturated rings. The van der Waals surface area contributed by atoms with Gasteiger partial charge in [-0.1, -0.05) is 12.1 Å². The molecule has 1 heterocycles. The molecule has 1 atom stereocenters. The summed E-state index contributed by atoms with van der Waals surface area (Å²) in [6, 6.07) is 7.47. The summed E-state index contributed by atoms with van der Waals surface area (Å²) in [4.78, 5) is 11.8. The van der Waals surface area contributed by atoms with E-state index < -0.39 is 0 Å². The SMILES string of the molecule is Cl.NCc1ccc(C(=O)NCC2CCCS2)cc1. The quantitative estimate of drug-likeness (QED) is 0.892. The molecule has 1 aromatic rings. The van der Waals surface area contributed by atoms with E-state index >= 15 is 0 Å². The molecule has 0 radical (unpaired) electrons. The molecule has 100 valence electrons. The van der Waals surface area contributed by atoms with Gasteiger partial charge in [0, 0.05) is 23.9 Å². The van der Waals surface area contributed by atoms with Gasteiger partial charge in [-0.3, -0.25) is 4.79 Å². The van der Waals surface area contributed by atoms with Crippen molar-refractivity contribution in [2.75, 3.05) is 12.3 Å². The first-order valence-electron chi connectivity index (χ1n) is 5.98. The van der Waals surface area contributed by atoms with Gasteiger partial charge in [-0.2, -0.15) is 11.8 Å². The highest BCUT2D eigenvalue weighted by Gasteiger charge is 2.16. The number of nitrogens with one attached hydrogen (secondary N) is 1. The van der Waals surface area contributed by atoms with Crippen LogP contribution < -0.4 is 11.1 Å². The average molecular weight is 287 g/mol. The number of carbonyl (C=O) groups excluding carboxylic acids is 1. The van der Waals surface area contributed by atoms with E-state index in [1.807, 2.05) is 36.0 Å². The number of benzene rings is 1. The molecule has 3 nitrogen and oxygen atoms in total. The Labute approximate surface area is 118 Å². The molecule has 0 aliphatic carbocycles. The van der Waals surface area contributed by atoms with Gasteiger partial charge in [-0.15, -0.1) is 12.4 Å². The van der Waals surface area contributed by atoms with Crippen molar-refractivity contribution in [3.8, 4) is 0 Å². The molecule has 0 spiro atoms. The van der Waals surface area contributed by atoms with Gasteiger partial charge in [-0.05, 0) is 36.3 Å². The number of nitrogens with two attached hydrogens (primary N) is 1. The molecule has 0 bridgehead atoms. The standard InChI is InChI=1S/C13H18N2OS.ClH/c14-8-10-3-5-11(6-4-10)13(16)15-9-12-2-1-7-17-12;/h3-6,12H,1-2,7-9,14H2,(H,15,16);1H. The van der Waals surface area contributed by atoms with E-state index in [1.165, 1.54) is 18.6 Å². The molecule has 18 heavy (non-hydrogen) atoms. The Hall–Kier alpha value is -0.710. The van der Waals surface area contributed by atoms with Crippen molar-refractivity contribution in [1.82, 2.24) is 5.32 Å². The lowest BCUT2D eigenvalue weighted by atomic mass is 10.1. The van der Waals surface area contributed by atoms with Crippen molar-refractivity contribution in [2.45, 2.75) is 24.6 Å². The Balaban J connectivity index is 0.00000162. The van der Waals surface area contributed by atoms with E-state index in [0.29, 0.717) is 17.4 Å². The summed E-state index contributed by atoms with van der Waals surface area (Å²) in [5.74, 6) is 1.24. The second-order valence-corrected chi connectivity index (χ2v) is 5.65. The maximum absolute atomic E-state index is 11.8. The monoisotopic (exact) mass is 286 g/mol. The van der Waals surface area contributed by atoms with E-state index in [0.717, 1.165) is 12.1 Å². The molecule has 0 aromatic heterocycles. The lowest BCUT2D eigenvalue weighted by Gasteiger charge is -2.10. The molecule has 1 saturated heterocycles. The van der Waals surface area contributed by atoms with Gasteiger partial charge < -0.3 is 11.1 Å². The minimum atomic E-state index is 0. The fraction of sp³-hybridized carbons (Fsp3) is 0.462. The summed E-state index contributed by atoms with van der Waals surface area (Å²) in [7, 11) is 0. The largest absolute Gasteiger partial charge is 0.351 e. The molecule has 0 saturated carbocycles. The maximum atomic E-state index is 11.8. The third-order valence-corrected chi connectivity index (χ3v) is 4.36. The Kier molecular flexibility index (Phi) is 6.54. The second-order valence-electron chi connectivity index (χ2n) is 4.25. The molecule has 1 aromatic carbocycles. The maximum Gasteiger partial charge on any atom is 0.251 e. The van der Waals surface area contributed by atoms with E-state index in [1.54, 1.807) is 0 Å². The van der Waals surface area contributed by atoms with Crippen molar-refractivity contribution in [3.63, 3.8) is 0 Å². The number of carbonyl (C=O) groups is 1. The number of amides is 1. The topological polar surface area (TPSA) is 55.1 Å². The summed E-state index contributed by atoms with van der Waals surface area (Å²) in [5.41, 5.74) is 7.28. The lowest BCUT2D eigenvalue weighted by Crippen LogP contribution is -2.29. The molecule has 1 unspecified atom stereocenters. The number of hydrogen-bond donors (Lipinski definition) is 2. The van der Waals surface area contributed by atoms with E-state index in [9.17, 15) is 4.79 Å². The summed E-state index contributed by atoms with van der Waals surface area (Å²) < 4.78 is 0. The predicted octanol–water partition coefficient (Wildman–Crippen LogP) is 2.19. The number of hydrogen-bond acceptors (Lipinski definition) is 3. The molecular weight excluding hydrogens is 268 g/mol. The Bertz CT molecular complexity index is 377. The van der Waals surface area contributed by atoms with Crippen molar-refractivity contribution in [3.05, 3.63) is 35.4 Å². The predicted molar refractivity (Wildman–Crippen MR) is 79.4 cm³/mol. The molecular formula is C13H19ClN2OS. The van der Waals surface area contributed by atoms with Crippen molar-refractivity contribution >= 4 is 30.1 Å². The molecule has 1 aliphatic rings. The Morgan fingerprint density at radius 3 is 2.67 bits per heavy atom. The number of halogens is 1. The van der Waals surface area contributed by atoms with Crippen LogP contribution in [0.3, 0.4) is 0 Å². The third kappa shape index (κ3) is 4.19. The fourth-order valence-corrected chi connectivity index (χ4v) is 3.11. The van der Waals surface area contributed by atoms with E-state index in [2.05, 4.69) is 5.32 Å². The van der Waals surface area contributed by atoms with Gasteiger partial charge in [0.25, 0.3) is 5.91 Å². The first-order chi connectivity index (χ1) is 8.29. The zero-order chi connectivity index (χ0) is 12.1. The van der Waals surface area contributed by atoms with Crippen LogP contribution in [-0.2, 0) is 6.54 Å². The van der Waals surface area contributed by atoms with Crippen LogP contribution in [0.2, 0.25) is 0 Å². The first kappa shape index (κ1) is 15.3. The van der Waals surface area contributed by atoms with Crippen LogP contribution in [0.5, 0.6) is 0 Å². The second kappa shape index (κ2) is 7.67. The molecule has 3 N–H and O–H groups in total. The molecule has 5 heteroatoms. The van der Waals surface area contributed by atoms with Gasteiger partial charge in [-0.25, -0.2) is 0 Å². The van der Waals surface area contributed by atoms with Crippen LogP contribution >= 0.6 is 24.2 Å². The minimum Gasteiger partial charge on any atom is -0.351 e. The van der Waals surface area contributed by atoms with Crippen LogP contribution in [-0.4, -0.2) is 23.5 Å². The lowest BCUT2D eigenvalue weighted by molar-refractivity contribution is 0.0953. The zero-order valence-electron chi connectivity index (χ0n) is 10.2.